The number of nitrogens with two attached hydrogens (primary N) is 1. The summed E-state index contributed by atoms with van der Waals surface area (Å²) in [7, 11) is 0. The third-order valence-corrected chi connectivity index (χ3v) is 3.56. The molecule has 2 rings (SSSR count). The van der Waals surface area contributed by atoms with Crippen LogP contribution in [0.3, 0.4) is 0 Å². The first-order valence-corrected chi connectivity index (χ1v) is 7.58. The van der Waals surface area contributed by atoms with Crippen molar-refractivity contribution in [2.24, 2.45) is 0 Å². The minimum absolute atomic E-state index is 0.0709. The molecule has 0 aliphatic carbocycles. The molecule has 0 atom stereocenters. The van der Waals surface area contributed by atoms with Crippen LogP contribution in [0, 0.1) is 0 Å². The number of hydrogen-bond donors (Lipinski definition) is 2. The van der Waals surface area contributed by atoms with E-state index in [1.54, 1.807) is 18.2 Å². The van der Waals surface area contributed by atoms with Crippen molar-refractivity contribution in [2.45, 2.75) is 26.4 Å². The van der Waals surface area contributed by atoms with Crippen LogP contribution < -0.4 is 15.8 Å². The number of carbonyl (C=O) groups excluding carboxylic acids is 1. The number of nitrogens with one attached hydrogen (secondary N) is 1. The summed E-state index contributed by atoms with van der Waals surface area (Å²) in [5, 5.41) is 3.31. The van der Waals surface area contributed by atoms with Gasteiger partial charge in [0, 0.05) is 44.7 Å². The van der Waals surface area contributed by atoms with E-state index in [1.165, 1.54) is 0 Å². The Kier molecular flexibility index (Phi) is 5.59. The highest BCUT2D eigenvalue weighted by Crippen LogP contribution is 2.24. The molecule has 3 N–H and O–H groups in total. The Bertz CT molecular complexity index is 482. The number of carbonyl (C=O) groups is 1. The standard InChI is InChI=1S/C16H25N3O2/c1-12(2)21-16-4-3-13(11-14(16)17)15(20)5-8-19-9-6-18-7-10-19/h3-4,11-12,18H,5-10,17H2,1-2H3. The summed E-state index contributed by atoms with van der Waals surface area (Å²) in [6.45, 7) is 8.74. The Labute approximate surface area is 126 Å². The van der Waals surface area contributed by atoms with E-state index in [9.17, 15) is 4.79 Å². The molecular weight excluding hydrogens is 266 g/mol. The van der Waals surface area contributed by atoms with Gasteiger partial charge in [0.25, 0.3) is 0 Å². The third kappa shape index (κ3) is 4.72. The second-order valence-corrected chi connectivity index (χ2v) is 5.68. The Hall–Kier alpha value is -1.59. The molecule has 0 bridgehead atoms. The number of nitrogen functional groups attached to an aromatic ring is 1. The fraction of sp³-hybridized carbons (Fsp3) is 0.562. The van der Waals surface area contributed by atoms with Crippen LogP contribution in [0.25, 0.3) is 0 Å². The second-order valence-electron chi connectivity index (χ2n) is 5.68. The van der Waals surface area contributed by atoms with Crippen molar-refractivity contribution in [3.63, 3.8) is 0 Å². The van der Waals surface area contributed by atoms with Gasteiger partial charge in [0.2, 0.25) is 0 Å². The highest BCUT2D eigenvalue weighted by Gasteiger charge is 2.13. The van der Waals surface area contributed by atoms with Gasteiger partial charge in [-0.05, 0) is 32.0 Å². The number of nitrogens with zero attached hydrogens (tertiary/aromatic N) is 1. The van der Waals surface area contributed by atoms with Gasteiger partial charge in [-0.2, -0.15) is 0 Å². The van der Waals surface area contributed by atoms with E-state index >= 15 is 0 Å². The molecule has 0 unspecified atom stereocenters. The molecule has 1 aliphatic rings. The first kappa shape index (κ1) is 15.8. The molecule has 0 saturated carbocycles. The van der Waals surface area contributed by atoms with Crippen LogP contribution >= 0.6 is 0 Å². The molecule has 0 radical (unpaired) electrons. The topological polar surface area (TPSA) is 67.6 Å². The van der Waals surface area contributed by atoms with Crippen molar-refractivity contribution < 1.29 is 9.53 Å². The summed E-state index contributed by atoms with van der Waals surface area (Å²) in [6, 6.07) is 5.30. The zero-order valence-corrected chi connectivity index (χ0v) is 12.9. The Morgan fingerprint density at radius 3 is 2.71 bits per heavy atom. The van der Waals surface area contributed by atoms with Crippen molar-refractivity contribution in [1.29, 1.82) is 0 Å². The van der Waals surface area contributed by atoms with Gasteiger partial charge < -0.3 is 20.7 Å². The highest BCUT2D eigenvalue weighted by atomic mass is 16.5. The van der Waals surface area contributed by atoms with Crippen molar-refractivity contribution in [3.8, 4) is 5.75 Å². The van der Waals surface area contributed by atoms with Gasteiger partial charge in [0.15, 0.2) is 5.78 Å². The number of hydrogen-bond acceptors (Lipinski definition) is 5. The highest BCUT2D eigenvalue weighted by molar-refractivity contribution is 5.97. The van der Waals surface area contributed by atoms with Crippen LogP contribution in [-0.4, -0.2) is 49.5 Å². The van der Waals surface area contributed by atoms with E-state index in [0.717, 1.165) is 32.7 Å². The largest absolute Gasteiger partial charge is 0.489 e. The maximum atomic E-state index is 12.2. The number of benzene rings is 1. The van der Waals surface area contributed by atoms with Gasteiger partial charge in [-0.15, -0.1) is 0 Å². The van der Waals surface area contributed by atoms with Gasteiger partial charge in [-0.1, -0.05) is 0 Å². The molecule has 1 heterocycles. The van der Waals surface area contributed by atoms with Gasteiger partial charge >= 0.3 is 0 Å². The quantitative estimate of drug-likeness (QED) is 0.614. The molecule has 116 valence electrons. The number of anilines is 1. The molecular formula is C16H25N3O2. The fourth-order valence-corrected chi connectivity index (χ4v) is 2.42. The molecule has 0 amide bonds. The van der Waals surface area contributed by atoms with Gasteiger partial charge in [0.05, 0.1) is 11.8 Å². The predicted molar refractivity (Wildman–Crippen MR) is 84.9 cm³/mol. The molecule has 5 heteroatoms. The molecule has 0 aromatic heterocycles. The molecule has 1 fully saturated rings. The first-order valence-electron chi connectivity index (χ1n) is 7.58. The number of ketones is 1. The second kappa shape index (κ2) is 7.43. The van der Waals surface area contributed by atoms with Gasteiger partial charge in [-0.25, -0.2) is 0 Å². The van der Waals surface area contributed by atoms with Crippen molar-refractivity contribution in [3.05, 3.63) is 23.8 Å². The maximum absolute atomic E-state index is 12.2. The van der Waals surface area contributed by atoms with Gasteiger partial charge in [0.1, 0.15) is 5.75 Å². The Balaban J connectivity index is 1.91. The summed E-state index contributed by atoms with van der Waals surface area (Å²) in [6.07, 6.45) is 0.602. The lowest BCUT2D eigenvalue weighted by Crippen LogP contribution is -2.44. The molecule has 21 heavy (non-hydrogen) atoms. The Morgan fingerprint density at radius 2 is 2.10 bits per heavy atom. The van der Waals surface area contributed by atoms with Crippen LogP contribution in [-0.2, 0) is 0 Å². The zero-order valence-electron chi connectivity index (χ0n) is 12.9. The predicted octanol–water partition coefficient (Wildman–Crippen LogP) is 1.53. The van der Waals surface area contributed by atoms with E-state index in [0.29, 0.717) is 23.4 Å². The van der Waals surface area contributed by atoms with E-state index in [-0.39, 0.29) is 11.9 Å². The van der Waals surface area contributed by atoms with Crippen molar-refractivity contribution in [2.75, 3.05) is 38.5 Å². The van der Waals surface area contributed by atoms with Gasteiger partial charge in [-0.3, -0.25) is 4.79 Å². The molecule has 1 aromatic rings. The fourth-order valence-electron chi connectivity index (χ4n) is 2.42. The molecule has 1 aliphatic heterocycles. The molecule has 0 spiro atoms. The number of rotatable bonds is 6. The third-order valence-electron chi connectivity index (χ3n) is 3.56. The van der Waals surface area contributed by atoms with E-state index < -0.39 is 0 Å². The van der Waals surface area contributed by atoms with Crippen LogP contribution in [0.4, 0.5) is 5.69 Å². The monoisotopic (exact) mass is 291 g/mol. The van der Waals surface area contributed by atoms with Crippen molar-refractivity contribution in [1.82, 2.24) is 10.2 Å². The van der Waals surface area contributed by atoms with Crippen LogP contribution in [0.15, 0.2) is 18.2 Å². The van der Waals surface area contributed by atoms with Crippen LogP contribution in [0.1, 0.15) is 30.6 Å². The van der Waals surface area contributed by atoms with E-state index in [1.807, 2.05) is 13.8 Å². The SMILES string of the molecule is CC(C)Oc1ccc(C(=O)CCN2CCNCC2)cc1N. The first-order chi connectivity index (χ1) is 10.1. The van der Waals surface area contributed by atoms with Crippen LogP contribution in [0.2, 0.25) is 0 Å². The normalized spacial score (nSPS) is 16.1. The lowest BCUT2D eigenvalue weighted by atomic mass is 10.1. The van der Waals surface area contributed by atoms with E-state index in [2.05, 4.69) is 10.2 Å². The summed E-state index contributed by atoms with van der Waals surface area (Å²) in [5.41, 5.74) is 7.14. The smallest absolute Gasteiger partial charge is 0.164 e. The summed E-state index contributed by atoms with van der Waals surface area (Å²) in [5.74, 6) is 0.778. The number of Topliss-reactive ketones (excluding diaryl/α,β-unsaturated/α-hetero) is 1. The molecule has 1 aromatic carbocycles. The average molecular weight is 291 g/mol. The average Bonchev–Trinajstić information content (AvgIpc) is 2.47. The van der Waals surface area contributed by atoms with Crippen molar-refractivity contribution >= 4 is 11.5 Å². The lowest BCUT2D eigenvalue weighted by Gasteiger charge is -2.26. The van der Waals surface area contributed by atoms with Crippen LogP contribution in [0.5, 0.6) is 5.75 Å². The van der Waals surface area contributed by atoms with E-state index in [4.69, 9.17) is 10.5 Å². The zero-order chi connectivity index (χ0) is 15.2. The minimum Gasteiger partial charge on any atom is -0.489 e. The minimum atomic E-state index is 0.0709. The lowest BCUT2D eigenvalue weighted by molar-refractivity contribution is 0.0960. The number of piperazine rings is 1. The summed E-state index contributed by atoms with van der Waals surface area (Å²) >= 11 is 0. The maximum Gasteiger partial charge on any atom is 0.164 e. The molecule has 1 saturated heterocycles. The summed E-state index contributed by atoms with van der Waals surface area (Å²) in [4.78, 5) is 14.5. The Morgan fingerprint density at radius 1 is 1.38 bits per heavy atom. The number of ether oxygens (including phenoxy) is 1. The summed E-state index contributed by atoms with van der Waals surface area (Å²) < 4.78 is 5.58. The molecule has 5 nitrogen and oxygen atoms in total.